The maximum atomic E-state index is 12.0. The molecule has 0 aromatic heterocycles. The molecule has 3 atom stereocenters. The van der Waals surface area contributed by atoms with E-state index < -0.39 is 0 Å². The number of nitrogens with zero attached hydrogens (tertiary/aromatic N) is 1. The van der Waals surface area contributed by atoms with Crippen LogP contribution in [0.1, 0.15) is 41.0 Å². The Kier molecular flexibility index (Phi) is 4.55. The summed E-state index contributed by atoms with van der Waals surface area (Å²) in [7, 11) is 0. The first kappa shape index (κ1) is 14.5. The van der Waals surface area contributed by atoms with E-state index in [0.29, 0.717) is 0 Å². The lowest BCUT2D eigenvalue weighted by molar-refractivity contribution is -0.128. The zero-order valence-corrected chi connectivity index (χ0v) is 11.7. The van der Waals surface area contributed by atoms with Gasteiger partial charge in [-0.3, -0.25) is 9.69 Å². The Morgan fingerprint density at radius 3 is 2.53 bits per heavy atom. The second-order valence-electron chi connectivity index (χ2n) is 6.24. The second kappa shape index (κ2) is 5.36. The van der Waals surface area contributed by atoms with Crippen molar-refractivity contribution in [3.05, 3.63) is 0 Å². The number of likely N-dealkylation sites (tertiary alicyclic amines) is 1. The zero-order valence-electron chi connectivity index (χ0n) is 11.7. The molecule has 0 aromatic carbocycles. The van der Waals surface area contributed by atoms with Crippen molar-refractivity contribution in [3.8, 4) is 0 Å². The van der Waals surface area contributed by atoms with Gasteiger partial charge in [0.2, 0.25) is 5.91 Å². The standard InChI is InChI=1S/C13H26N2O2/c1-9-8-15(7-6-11(9)16)10(2)12(17)14-13(3,4)5/h9-11,16H,6-8H2,1-5H3,(H,14,17). The number of nitrogens with one attached hydrogen (secondary N) is 1. The fraction of sp³-hybridized carbons (Fsp3) is 0.923. The van der Waals surface area contributed by atoms with E-state index in [9.17, 15) is 9.90 Å². The average Bonchev–Trinajstić information content (AvgIpc) is 2.18. The van der Waals surface area contributed by atoms with Gasteiger partial charge in [-0.25, -0.2) is 0 Å². The van der Waals surface area contributed by atoms with E-state index in [1.807, 2.05) is 34.6 Å². The molecule has 4 nitrogen and oxygen atoms in total. The Balaban J connectivity index is 2.53. The van der Waals surface area contributed by atoms with Crippen LogP contribution in [-0.4, -0.2) is 46.7 Å². The van der Waals surface area contributed by atoms with Gasteiger partial charge in [-0.05, 0) is 40.0 Å². The number of carbonyl (C=O) groups excluding carboxylic acids is 1. The van der Waals surface area contributed by atoms with Crippen molar-refractivity contribution in [2.75, 3.05) is 13.1 Å². The third kappa shape index (κ3) is 4.28. The van der Waals surface area contributed by atoms with Crippen LogP contribution >= 0.6 is 0 Å². The van der Waals surface area contributed by atoms with E-state index in [-0.39, 0.29) is 29.5 Å². The van der Waals surface area contributed by atoms with E-state index in [1.54, 1.807) is 0 Å². The van der Waals surface area contributed by atoms with Gasteiger partial charge in [0.25, 0.3) is 0 Å². The van der Waals surface area contributed by atoms with Gasteiger partial charge < -0.3 is 10.4 Å². The summed E-state index contributed by atoms with van der Waals surface area (Å²) in [5.74, 6) is 0.315. The molecule has 1 aliphatic heterocycles. The number of aliphatic hydroxyl groups excluding tert-OH is 1. The maximum Gasteiger partial charge on any atom is 0.237 e. The molecule has 1 heterocycles. The molecule has 2 N–H and O–H groups in total. The van der Waals surface area contributed by atoms with Crippen LogP contribution < -0.4 is 5.32 Å². The first-order chi connectivity index (χ1) is 7.70. The van der Waals surface area contributed by atoms with Crippen LogP contribution in [0.2, 0.25) is 0 Å². The molecular formula is C13H26N2O2. The first-order valence-electron chi connectivity index (χ1n) is 6.45. The van der Waals surface area contributed by atoms with E-state index in [4.69, 9.17) is 0 Å². The van der Waals surface area contributed by atoms with Crippen LogP contribution in [0.25, 0.3) is 0 Å². The number of carbonyl (C=O) groups is 1. The fourth-order valence-electron chi connectivity index (χ4n) is 2.16. The van der Waals surface area contributed by atoms with Crippen LogP contribution in [0.5, 0.6) is 0 Å². The van der Waals surface area contributed by atoms with Crippen LogP contribution in [0.3, 0.4) is 0 Å². The number of rotatable bonds is 2. The summed E-state index contributed by atoms with van der Waals surface area (Å²) in [4.78, 5) is 14.2. The molecule has 0 radical (unpaired) electrons. The molecular weight excluding hydrogens is 216 g/mol. The fourth-order valence-corrected chi connectivity index (χ4v) is 2.16. The topological polar surface area (TPSA) is 52.6 Å². The lowest BCUT2D eigenvalue weighted by Crippen LogP contribution is -2.54. The van der Waals surface area contributed by atoms with E-state index in [2.05, 4.69) is 10.2 Å². The summed E-state index contributed by atoms with van der Waals surface area (Å²) in [6.07, 6.45) is 0.540. The molecule has 4 heteroatoms. The van der Waals surface area contributed by atoms with Gasteiger partial charge >= 0.3 is 0 Å². The Morgan fingerprint density at radius 1 is 1.47 bits per heavy atom. The van der Waals surface area contributed by atoms with Gasteiger partial charge in [-0.1, -0.05) is 6.92 Å². The van der Waals surface area contributed by atoms with Crippen molar-refractivity contribution in [1.29, 1.82) is 0 Å². The van der Waals surface area contributed by atoms with Gasteiger partial charge in [-0.2, -0.15) is 0 Å². The monoisotopic (exact) mass is 242 g/mol. The highest BCUT2D eigenvalue weighted by atomic mass is 16.3. The number of piperidine rings is 1. The second-order valence-corrected chi connectivity index (χ2v) is 6.24. The molecule has 1 aliphatic rings. The highest BCUT2D eigenvalue weighted by Gasteiger charge is 2.30. The molecule has 17 heavy (non-hydrogen) atoms. The molecule has 1 amide bonds. The average molecular weight is 242 g/mol. The van der Waals surface area contributed by atoms with Gasteiger partial charge in [0.1, 0.15) is 0 Å². The molecule has 100 valence electrons. The Morgan fingerprint density at radius 2 is 2.06 bits per heavy atom. The van der Waals surface area contributed by atoms with Crippen LogP contribution in [0.4, 0.5) is 0 Å². The Hall–Kier alpha value is -0.610. The van der Waals surface area contributed by atoms with E-state index in [1.165, 1.54) is 0 Å². The lowest BCUT2D eigenvalue weighted by atomic mass is 9.95. The van der Waals surface area contributed by atoms with Crippen LogP contribution in [0.15, 0.2) is 0 Å². The molecule has 1 rings (SSSR count). The summed E-state index contributed by atoms with van der Waals surface area (Å²) < 4.78 is 0. The van der Waals surface area contributed by atoms with Crippen molar-refractivity contribution >= 4 is 5.91 Å². The highest BCUT2D eigenvalue weighted by molar-refractivity contribution is 5.81. The van der Waals surface area contributed by atoms with Gasteiger partial charge in [0, 0.05) is 18.6 Å². The summed E-state index contributed by atoms with van der Waals surface area (Å²) in [6, 6.07) is -0.121. The molecule has 0 aromatic rings. The SMILES string of the molecule is CC1CN(C(C)C(=O)NC(C)(C)C)CCC1O. The predicted octanol–water partition coefficient (Wildman–Crippen LogP) is 0.992. The minimum Gasteiger partial charge on any atom is -0.393 e. The van der Waals surface area contributed by atoms with Crippen molar-refractivity contribution in [3.63, 3.8) is 0 Å². The number of hydrogen-bond donors (Lipinski definition) is 2. The zero-order chi connectivity index (χ0) is 13.2. The molecule has 0 aliphatic carbocycles. The molecule has 0 saturated carbocycles. The molecule has 1 saturated heterocycles. The normalized spacial score (nSPS) is 28.8. The Labute approximate surface area is 104 Å². The summed E-state index contributed by atoms with van der Waals surface area (Å²) in [5, 5.41) is 12.7. The predicted molar refractivity (Wildman–Crippen MR) is 68.7 cm³/mol. The summed E-state index contributed by atoms with van der Waals surface area (Å²) in [5.41, 5.74) is -0.188. The van der Waals surface area contributed by atoms with Gasteiger partial charge in [-0.15, -0.1) is 0 Å². The van der Waals surface area contributed by atoms with E-state index in [0.717, 1.165) is 19.5 Å². The van der Waals surface area contributed by atoms with Crippen LogP contribution in [-0.2, 0) is 4.79 Å². The third-order valence-electron chi connectivity index (χ3n) is 3.32. The highest BCUT2D eigenvalue weighted by Crippen LogP contribution is 2.18. The third-order valence-corrected chi connectivity index (χ3v) is 3.32. The van der Waals surface area contributed by atoms with Crippen molar-refractivity contribution in [1.82, 2.24) is 10.2 Å². The minimum absolute atomic E-state index is 0.0705. The molecule has 0 bridgehead atoms. The van der Waals surface area contributed by atoms with Crippen molar-refractivity contribution in [2.24, 2.45) is 5.92 Å². The number of amides is 1. The van der Waals surface area contributed by atoms with Gasteiger partial charge in [0.05, 0.1) is 12.1 Å². The maximum absolute atomic E-state index is 12.0. The number of hydrogen-bond acceptors (Lipinski definition) is 3. The largest absolute Gasteiger partial charge is 0.393 e. The first-order valence-corrected chi connectivity index (χ1v) is 6.45. The molecule has 1 fully saturated rings. The summed E-state index contributed by atoms with van der Waals surface area (Å²) in [6.45, 7) is 11.5. The Bertz CT molecular complexity index is 273. The molecule has 0 spiro atoms. The van der Waals surface area contributed by atoms with Crippen LogP contribution in [0, 0.1) is 5.92 Å². The van der Waals surface area contributed by atoms with Crippen molar-refractivity contribution < 1.29 is 9.90 Å². The smallest absolute Gasteiger partial charge is 0.237 e. The van der Waals surface area contributed by atoms with Crippen molar-refractivity contribution in [2.45, 2.75) is 58.7 Å². The lowest BCUT2D eigenvalue weighted by Gasteiger charge is -2.38. The number of aliphatic hydroxyl groups is 1. The minimum atomic E-state index is -0.218. The quantitative estimate of drug-likeness (QED) is 0.759. The summed E-state index contributed by atoms with van der Waals surface area (Å²) >= 11 is 0. The van der Waals surface area contributed by atoms with Gasteiger partial charge in [0.15, 0.2) is 0 Å². The molecule has 3 unspecified atom stereocenters. The van der Waals surface area contributed by atoms with E-state index >= 15 is 0 Å².